The molecule has 0 aliphatic rings. The van der Waals surface area contributed by atoms with Gasteiger partial charge >= 0.3 is 82.1 Å². The second-order valence-electron chi connectivity index (χ2n) is 2.38. The first kappa shape index (κ1) is 9.96. The van der Waals surface area contributed by atoms with Crippen LogP contribution >= 0.6 is 0 Å². The molecular weight excluding hydrogens is 233 g/mol. The molecule has 0 saturated heterocycles. The van der Waals surface area contributed by atoms with E-state index < -0.39 is 5.97 Å². The first-order chi connectivity index (χ1) is 6.20. The molecule has 1 aromatic carbocycles. The van der Waals surface area contributed by atoms with Gasteiger partial charge in [-0.15, -0.1) is 0 Å². The average Bonchev–Trinajstić information content (AvgIpc) is 2.15. The Morgan fingerprint density at radius 1 is 1.38 bits per heavy atom. The zero-order chi connectivity index (χ0) is 9.68. The fourth-order valence-corrected chi connectivity index (χ4v) is 2.00. The number of hydrogen-bond donors (Lipinski definition) is 2. The molecule has 2 N–H and O–H groups in total. The van der Waals surface area contributed by atoms with Crippen LogP contribution in [0, 0.1) is 5.41 Å². The Hall–Kier alpha value is -1.12. The Bertz CT molecular complexity index is 311. The molecule has 0 spiro atoms. The average molecular weight is 242 g/mol. The van der Waals surface area contributed by atoms with E-state index in [1.54, 1.807) is 0 Å². The number of benzene rings is 1. The van der Waals surface area contributed by atoms with Crippen LogP contribution in [0.5, 0.6) is 0 Å². The van der Waals surface area contributed by atoms with Crippen molar-refractivity contribution in [3.8, 4) is 0 Å². The Balaban J connectivity index is 2.54. The molecule has 68 valence electrons. The Kier molecular flexibility index (Phi) is 3.68. The van der Waals surface area contributed by atoms with Crippen molar-refractivity contribution in [2.24, 2.45) is 0 Å². The number of carboxylic acids is 1. The molecule has 1 aromatic rings. The SMILES string of the molecule is N=C([Se]CC(=O)O)c1ccccc1. The molecular formula is C9H9NO2Se. The van der Waals surface area contributed by atoms with Crippen LogP contribution < -0.4 is 0 Å². The minimum absolute atomic E-state index is 0.0841. The van der Waals surface area contributed by atoms with Gasteiger partial charge in [-0.3, -0.25) is 0 Å². The van der Waals surface area contributed by atoms with Gasteiger partial charge < -0.3 is 0 Å². The van der Waals surface area contributed by atoms with Crippen molar-refractivity contribution < 1.29 is 9.90 Å². The van der Waals surface area contributed by atoms with Crippen molar-refractivity contribution in [2.45, 2.75) is 5.32 Å². The van der Waals surface area contributed by atoms with Gasteiger partial charge in [0.15, 0.2) is 0 Å². The third-order valence-electron chi connectivity index (χ3n) is 1.38. The molecule has 13 heavy (non-hydrogen) atoms. The van der Waals surface area contributed by atoms with Crippen LogP contribution in [0.2, 0.25) is 5.32 Å². The van der Waals surface area contributed by atoms with Crippen LogP contribution in [0.3, 0.4) is 0 Å². The van der Waals surface area contributed by atoms with Crippen LogP contribution in [0.25, 0.3) is 0 Å². The van der Waals surface area contributed by atoms with Crippen molar-refractivity contribution in [1.29, 1.82) is 5.41 Å². The van der Waals surface area contributed by atoms with Crippen LogP contribution in [-0.2, 0) is 4.79 Å². The Labute approximate surface area is 82.4 Å². The second kappa shape index (κ2) is 4.80. The molecule has 4 heteroatoms. The Morgan fingerprint density at radius 3 is 2.54 bits per heavy atom. The molecule has 0 amide bonds. The molecule has 0 radical (unpaired) electrons. The van der Waals surface area contributed by atoms with E-state index >= 15 is 0 Å². The zero-order valence-corrected chi connectivity index (χ0v) is 8.57. The van der Waals surface area contributed by atoms with Gasteiger partial charge in [0, 0.05) is 0 Å². The second-order valence-corrected chi connectivity index (χ2v) is 4.45. The number of aliphatic carboxylic acids is 1. The standard InChI is InChI=1S/C9H9NO2Se/c10-9(13-6-8(11)12)7-4-2-1-3-5-7/h1-5,10H,6H2,(H,11,12). The number of rotatable bonds is 4. The third kappa shape index (κ3) is 3.40. The summed E-state index contributed by atoms with van der Waals surface area (Å²) in [6.45, 7) is 0. The van der Waals surface area contributed by atoms with Gasteiger partial charge in [-0.05, 0) is 0 Å². The topological polar surface area (TPSA) is 61.2 Å². The predicted octanol–water partition coefficient (Wildman–Crippen LogP) is 1.22. The molecule has 0 atom stereocenters. The maximum atomic E-state index is 10.3. The van der Waals surface area contributed by atoms with Crippen LogP contribution in [0.4, 0.5) is 0 Å². The molecule has 3 nitrogen and oxygen atoms in total. The number of carbonyl (C=O) groups is 1. The van der Waals surface area contributed by atoms with Gasteiger partial charge in [-0.1, -0.05) is 0 Å². The van der Waals surface area contributed by atoms with Crippen molar-refractivity contribution in [1.82, 2.24) is 0 Å². The first-order valence-electron chi connectivity index (χ1n) is 3.68. The van der Waals surface area contributed by atoms with E-state index in [2.05, 4.69) is 0 Å². The maximum absolute atomic E-state index is 10.3. The molecule has 0 aliphatic carbocycles. The molecule has 0 unspecified atom stereocenters. The Morgan fingerprint density at radius 2 is 2.00 bits per heavy atom. The summed E-state index contributed by atoms with van der Waals surface area (Å²) in [6.07, 6.45) is 0. The third-order valence-corrected chi connectivity index (χ3v) is 3.30. The monoisotopic (exact) mass is 243 g/mol. The zero-order valence-electron chi connectivity index (χ0n) is 6.86. The van der Waals surface area contributed by atoms with Crippen LogP contribution in [0.1, 0.15) is 5.56 Å². The van der Waals surface area contributed by atoms with Gasteiger partial charge in [0.1, 0.15) is 0 Å². The van der Waals surface area contributed by atoms with E-state index in [0.717, 1.165) is 5.56 Å². The summed E-state index contributed by atoms with van der Waals surface area (Å²) >= 11 is -0.257. The summed E-state index contributed by atoms with van der Waals surface area (Å²) in [5.41, 5.74) is 0.823. The van der Waals surface area contributed by atoms with Crippen molar-refractivity contribution >= 4 is 25.5 Å². The molecule has 0 fully saturated rings. The van der Waals surface area contributed by atoms with Crippen molar-refractivity contribution in [3.05, 3.63) is 35.9 Å². The van der Waals surface area contributed by atoms with E-state index in [-0.39, 0.29) is 20.3 Å². The number of nitrogens with one attached hydrogen (secondary N) is 1. The summed E-state index contributed by atoms with van der Waals surface area (Å²) in [6, 6.07) is 9.22. The van der Waals surface area contributed by atoms with E-state index in [0.29, 0.717) is 4.61 Å². The van der Waals surface area contributed by atoms with Gasteiger partial charge in [-0.25, -0.2) is 0 Å². The summed E-state index contributed by atoms with van der Waals surface area (Å²) in [4.78, 5) is 10.3. The molecule has 0 aliphatic heterocycles. The molecule has 0 aromatic heterocycles. The summed E-state index contributed by atoms with van der Waals surface area (Å²) in [5.74, 6) is -0.833. The van der Waals surface area contributed by atoms with Crippen molar-refractivity contribution in [2.75, 3.05) is 0 Å². The molecule has 1 rings (SSSR count). The number of hydrogen-bond acceptors (Lipinski definition) is 2. The van der Waals surface area contributed by atoms with Gasteiger partial charge in [0.2, 0.25) is 0 Å². The molecule has 0 bridgehead atoms. The van der Waals surface area contributed by atoms with E-state index in [4.69, 9.17) is 10.5 Å². The normalized spacial score (nSPS) is 9.54. The summed E-state index contributed by atoms with van der Waals surface area (Å²) < 4.78 is 0.440. The predicted molar refractivity (Wildman–Crippen MR) is 51.5 cm³/mol. The van der Waals surface area contributed by atoms with E-state index in [1.807, 2.05) is 30.3 Å². The van der Waals surface area contributed by atoms with Crippen LogP contribution in [-0.4, -0.2) is 30.6 Å². The van der Waals surface area contributed by atoms with Gasteiger partial charge in [0.05, 0.1) is 0 Å². The molecule has 0 saturated carbocycles. The van der Waals surface area contributed by atoms with Gasteiger partial charge in [0.25, 0.3) is 0 Å². The number of carboxylic acid groups (broad SMARTS) is 1. The summed E-state index contributed by atoms with van der Waals surface area (Å²) in [7, 11) is 0. The minimum atomic E-state index is -0.833. The quantitative estimate of drug-likeness (QED) is 0.616. The fourth-order valence-electron chi connectivity index (χ4n) is 0.807. The van der Waals surface area contributed by atoms with Crippen molar-refractivity contribution in [3.63, 3.8) is 0 Å². The summed E-state index contributed by atoms with van der Waals surface area (Å²) in [5, 5.41) is 16.1. The van der Waals surface area contributed by atoms with E-state index in [9.17, 15) is 4.79 Å². The van der Waals surface area contributed by atoms with Gasteiger partial charge in [-0.2, -0.15) is 0 Å². The van der Waals surface area contributed by atoms with E-state index in [1.165, 1.54) is 0 Å². The van der Waals surface area contributed by atoms with Crippen LogP contribution in [0.15, 0.2) is 30.3 Å². The molecule has 0 heterocycles. The fraction of sp³-hybridized carbons (Fsp3) is 0.111. The first-order valence-corrected chi connectivity index (χ1v) is 5.75.